The maximum absolute atomic E-state index is 12.9. The molecule has 152 valence electrons. The third-order valence-corrected chi connectivity index (χ3v) is 4.38. The molecule has 11 nitrogen and oxygen atoms in total. The van der Waals surface area contributed by atoms with Crippen LogP contribution in [-0.2, 0) is 6.54 Å². The molecule has 0 aliphatic heterocycles. The molecule has 0 bridgehead atoms. The van der Waals surface area contributed by atoms with Gasteiger partial charge in [-0.1, -0.05) is 42.8 Å². The highest BCUT2D eigenvalue weighted by Gasteiger charge is 2.25. The van der Waals surface area contributed by atoms with Crippen LogP contribution in [0.25, 0.3) is 5.82 Å². The van der Waals surface area contributed by atoms with Gasteiger partial charge in [0.05, 0.1) is 6.21 Å². The Morgan fingerprint density at radius 1 is 1.38 bits per heavy atom. The lowest BCUT2D eigenvalue weighted by atomic mass is 10.2. The maximum Gasteiger partial charge on any atom is 0.292 e. The predicted molar refractivity (Wildman–Crippen MR) is 107 cm³/mol. The zero-order chi connectivity index (χ0) is 20.8. The molecule has 3 rings (SSSR count). The van der Waals surface area contributed by atoms with Crippen LogP contribution in [-0.4, -0.2) is 55.4 Å². The van der Waals surface area contributed by atoms with E-state index < -0.39 is 5.91 Å². The van der Waals surface area contributed by atoms with Crippen LogP contribution in [0.3, 0.4) is 0 Å². The number of carbonyl (C=O) groups is 1. The Morgan fingerprint density at radius 3 is 2.83 bits per heavy atom. The summed E-state index contributed by atoms with van der Waals surface area (Å²) in [5, 5.41) is 19.9. The van der Waals surface area contributed by atoms with Crippen molar-refractivity contribution in [2.45, 2.75) is 20.4 Å². The standard InChI is InChI=1S/C17H20ClN9O2/c1-3-26(4-2)10-13-14(27(25-21-13)16-15(19)23-29-24-16)17(28)22-20-9-11-6-5-7-12(18)8-11/h5-9H,3-4,10H2,1-2H3,(H2,19,23)(H,22,28)/b20-9-. The van der Waals surface area contributed by atoms with Crippen molar-refractivity contribution in [2.24, 2.45) is 5.10 Å². The van der Waals surface area contributed by atoms with E-state index in [9.17, 15) is 4.79 Å². The van der Waals surface area contributed by atoms with Gasteiger partial charge in [0.25, 0.3) is 5.91 Å². The summed E-state index contributed by atoms with van der Waals surface area (Å²) in [6, 6.07) is 7.06. The van der Waals surface area contributed by atoms with Gasteiger partial charge in [0.2, 0.25) is 11.6 Å². The van der Waals surface area contributed by atoms with Gasteiger partial charge in [-0.15, -0.1) is 5.10 Å². The summed E-state index contributed by atoms with van der Waals surface area (Å²) in [6.45, 7) is 6.01. The smallest absolute Gasteiger partial charge is 0.292 e. The van der Waals surface area contributed by atoms with Crippen LogP contribution in [0.2, 0.25) is 5.02 Å². The molecular weight excluding hydrogens is 398 g/mol. The summed E-state index contributed by atoms with van der Waals surface area (Å²) in [6.07, 6.45) is 1.48. The third kappa shape index (κ3) is 4.76. The number of anilines is 1. The molecule has 0 fully saturated rings. The van der Waals surface area contributed by atoms with E-state index in [2.05, 4.69) is 40.7 Å². The second-order valence-corrected chi connectivity index (χ2v) is 6.42. The summed E-state index contributed by atoms with van der Waals surface area (Å²) in [5.74, 6) is -0.467. The first-order chi connectivity index (χ1) is 14.0. The normalized spacial score (nSPS) is 11.4. The topological polar surface area (TPSA) is 140 Å². The van der Waals surface area contributed by atoms with E-state index in [-0.39, 0.29) is 17.3 Å². The van der Waals surface area contributed by atoms with E-state index in [1.807, 2.05) is 13.8 Å². The minimum atomic E-state index is -0.530. The Bertz CT molecular complexity index is 1010. The highest BCUT2D eigenvalue weighted by atomic mass is 35.5. The van der Waals surface area contributed by atoms with Crippen LogP contribution in [0.15, 0.2) is 34.0 Å². The number of aromatic nitrogens is 5. The van der Waals surface area contributed by atoms with Gasteiger partial charge in [-0.3, -0.25) is 9.69 Å². The number of nitrogens with two attached hydrogens (primary N) is 1. The number of nitrogens with one attached hydrogen (secondary N) is 1. The number of nitrogens with zero attached hydrogens (tertiary/aromatic N) is 7. The van der Waals surface area contributed by atoms with Crippen molar-refractivity contribution in [3.05, 3.63) is 46.2 Å². The molecule has 1 amide bonds. The lowest BCUT2D eigenvalue weighted by Gasteiger charge is -2.16. The second-order valence-electron chi connectivity index (χ2n) is 5.99. The molecule has 3 N–H and O–H groups in total. The minimum Gasteiger partial charge on any atom is -0.378 e. The molecule has 0 saturated carbocycles. The predicted octanol–water partition coefficient (Wildman–Crippen LogP) is 1.49. The average molecular weight is 418 g/mol. The Kier molecular flexibility index (Phi) is 6.52. The van der Waals surface area contributed by atoms with Gasteiger partial charge in [-0.25, -0.2) is 10.1 Å². The molecule has 0 aliphatic carbocycles. The van der Waals surface area contributed by atoms with Crippen molar-refractivity contribution in [2.75, 3.05) is 18.8 Å². The molecule has 2 heterocycles. The van der Waals surface area contributed by atoms with E-state index in [0.29, 0.717) is 17.3 Å². The van der Waals surface area contributed by atoms with Crippen molar-refractivity contribution < 1.29 is 9.42 Å². The molecule has 3 aromatic rings. The fraction of sp³-hybridized carbons (Fsp3) is 0.294. The van der Waals surface area contributed by atoms with Crippen LogP contribution in [0.1, 0.15) is 35.6 Å². The van der Waals surface area contributed by atoms with E-state index >= 15 is 0 Å². The molecule has 0 spiro atoms. The van der Waals surface area contributed by atoms with Crippen LogP contribution in [0.4, 0.5) is 5.82 Å². The number of benzene rings is 1. The third-order valence-electron chi connectivity index (χ3n) is 4.15. The zero-order valence-corrected chi connectivity index (χ0v) is 16.7. The fourth-order valence-corrected chi connectivity index (χ4v) is 2.80. The molecule has 0 aliphatic rings. The molecule has 2 aromatic heterocycles. The van der Waals surface area contributed by atoms with Gasteiger partial charge in [0.15, 0.2) is 5.69 Å². The average Bonchev–Trinajstić information content (AvgIpc) is 3.31. The number of rotatable bonds is 8. The quantitative estimate of drug-likeness (QED) is 0.415. The minimum absolute atomic E-state index is 0.0132. The van der Waals surface area contributed by atoms with Gasteiger partial charge in [0, 0.05) is 11.6 Å². The molecule has 29 heavy (non-hydrogen) atoms. The summed E-state index contributed by atoms with van der Waals surface area (Å²) >= 11 is 5.95. The van der Waals surface area contributed by atoms with E-state index in [0.717, 1.165) is 18.7 Å². The van der Waals surface area contributed by atoms with Gasteiger partial charge >= 0.3 is 0 Å². The molecule has 0 saturated heterocycles. The largest absolute Gasteiger partial charge is 0.378 e. The Balaban J connectivity index is 1.89. The van der Waals surface area contributed by atoms with Crippen molar-refractivity contribution in [3.8, 4) is 5.82 Å². The van der Waals surface area contributed by atoms with Crippen LogP contribution >= 0.6 is 11.6 Å². The molecule has 12 heteroatoms. The highest BCUT2D eigenvalue weighted by Crippen LogP contribution is 2.17. The fourth-order valence-electron chi connectivity index (χ4n) is 2.60. The van der Waals surface area contributed by atoms with Crippen LogP contribution in [0.5, 0.6) is 0 Å². The number of carbonyl (C=O) groups excluding carboxylic acids is 1. The summed E-state index contributed by atoms with van der Waals surface area (Å²) in [5.41, 5.74) is 9.55. The SMILES string of the molecule is CCN(CC)Cc1nnn(-c2nonc2N)c1C(=O)N/N=C\c1cccc(Cl)c1. The molecular formula is C17H20ClN9O2. The van der Waals surface area contributed by atoms with E-state index in [1.165, 1.54) is 10.9 Å². The van der Waals surface area contributed by atoms with Crippen LogP contribution < -0.4 is 11.2 Å². The lowest BCUT2D eigenvalue weighted by Crippen LogP contribution is -2.27. The highest BCUT2D eigenvalue weighted by molar-refractivity contribution is 6.30. The number of amides is 1. The number of halogens is 1. The number of hydrogen-bond acceptors (Lipinski definition) is 9. The van der Waals surface area contributed by atoms with Gasteiger partial charge in [-0.05, 0) is 41.1 Å². The van der Waals surface area contributed by atoms with Crippen LogP contribution in [0, 0.1) is 0 Å². The summed E-state index contributed by atoms with van der Waals surface area (Å²) in [7, 11) is 0. The number of hydrogen-bond donors (Lipinski definition) is 2. The molecule has 0 unspecified atom stereocenters. The Labute approximate surface area is 171 Å². The molecule has 1 aromatic carbocycles. The Hall–Kier alpha value is -3.31. The second kappa shape index (κ2) is 9.26. The zero-order valence-electron chi connectivity index (χ0n) is 15.9. The van der Waals surface area contributed by atoms with Gasteiger partial charge < -0.3 is 5.73 Å². The molecule has 0 radical (unpaired) electrons. The number of nitrogen functional groups attached to an aromatic ring is 1. The first-order valence-electron chi connectivity index (χ1n) is 8.87. The monoisotopic (exact) mass is 417 g/mol. The maximum atomic E-state index is 12.9. The van der Waals surface area contributed by atoms with Crippen molar-refractivity contribution in [1.29, 1.82) is 0 Å². The number of hydrazone groups is 1. The van der Waals surface area contributed by atoms with E-state index in [4.69, 9.17) is 17.3 Å². The lowest BCUT2D eigenvalue weighted by molar-refractivity contribution is 0.0945. The van der Waals surface area contributed by atoms with E-state index in [1.54, 1.807) is 24.3 Å². The first-order valence-corrected chi connectivity index (χ1v) is 9.25. The van der Waals surface area contributed by atoms with Gasteiger partial charge in [0.1, 0.15) is 5.69 Å². The molecule has 0 atom stereocenters. The Morgan fingerprint density at radius 2 is 2.17 bits per heavy atom. The van der Waals surface area contributed by atoms with Crippen molar-refractivity contribution in [3.63, 3.8) is 0 Å². The summed E-state index contributed by atoms with van der Waals surface area (Å²) < 4.78 is 5.81. The van der Waals surface area contributed by atoms with Gasteiger partial charge in [-0.2, -0.15) is 9.78 Å². The first kappa shape index (κ1) is 20.4. The van der Waals surface area contributed by atoms with Crippen molar-refractivity contribution >= 4 is 29.5 Å². The van der Waals surface area contributed by atoms with Crippen molar-refractivity contribution in [1.82, 2.24) is 35.6 Å². The summed E-state index contributed by atoms with van der Waals surface area (Å²) in [4.78, 5) is 15.0.